The first kappa shape index (κ1) is 21.3. The van der Waals surface area contributed by atoms with Crippen LogP contribution in [0.5, 0.6) is 5.75 Å². The van der Waals surface area contributed by atoms with E-state index in [4.69, 9.17) is 27.9 Å². The number of hydrogen-bond donors (Lipinski definition) is 2. The molecule has 0 bridgehead atoms. The van der Waals surface area contributed by atoms with Crippen molar-refractivity contribution >= 4 is 34.9 Å². The molecule has 2 aromatic carbocycles. The number of hydrogen-bond acceptors (Lipinski definition) is 4. The SMILES string of the molecule is CCOC(=O)CNc1cc(Cl)c(Cc2ccc(O)c(C(C)C)c2F)c(Cl)c1. The van der Waals surface area contributed by atoms with Crippen LogP contribution in [-0.4, -0.2) is 24.2 Å². The molecule has 2 aromatic rings. The number of benzene rings is 2. The zero-order valence-electron chi connectivity index (χ0n) is 15.4. The number of nitrogens with one attached hydrogen (secondary N) is 1. The summed E-state index contributed by atoms with van der Waals surface area (Å²) in [5.74, 6) is -1.07. The number of phenols is 1. The fraction of sp³-hybridized carbons (Fsp3) is 0.350. The van der Waals surface area contributed by atoms with E-state index in [0.717, 1.165) is 0 Å². The molecule has 7 heteroatoms. The topological polar surface area (TPSA) is 58.6 Å². The predicted molar refractivity (Wildman–Crippen MR) is 107 cm³/mol. The zero-order valence-corrected chi connectivity index (χ0v) is 16.9. The molecule has 146 valence electrons. The van der Waals surface area contributed by atoms with E-state index in [2.05, 4.69) is 5.32 Å². The first-order chi connectivity index (χ1) is 12.7. The predicted octanol–water partition coefficient (Wildman–Crippen LogP) is 5.53. The molecule has 0 unspecified atom stereocenters. The van der Waals surface area contributed by atoms with Crippen molar-refractivity contribution in [2.45, 2.75) is 33.1 Å². The molecule has 0 aliphatic heterocycles. The lowest BCUT2D eigenvalue weighted by Crippen LogP contribution is -2.16. The summed E-state index contributed by atoms with van der Waals surface area (Å²) < 4.78 is 19.6. The van der Waals surface area contributed by atoms with E-state index in [1.54, 1.807) is 19.1 Å². The second-order valence-electron chi connectivity index (χ2n) is 6.38. The van der Waals surface area contributed by atoms with Crippen LogP contribution in [0.15, 0.2) is 24.3 Å². The second-order valence-corrected chi connectivity index (χ2v) is 7.19. The van der Waals surface area contributed by atoms with Gasteiger partial charge in [0.1, 0.15) is 18.1 Å². The van der Waals surface area contributed by atoms with Gasteiger partial charge in [0.2, 0.25) is 0 Å². The molecule has 0 radical (unpaired) electrons. The number of halogens is 3. The Bertz CT molecular complexity index is 817. The summed E-state index contributed by atoms with van der Waals surface area (Å²) in [4.78, 5) is 11.4. The molecule has 0 saturated carbocycles. The van der Waals surface area contributed by atoms with Gasteiger partial charge >= 0.3 is 5.97 Å². The van der Waals surface area contributed by atoms with Crippen LogP contribution in [0.25, 0.3) is 0 Å². The number of carbonyl (C=O) groups is 1. The molecular weight excluding hydrogens is 392 g/mol. The smallest absolute Gasteiger partial charge is 0.325 e. The highest BCUT2D eigenvalue weighted by atomic mass is 35.5. The molecular formula is C20H22Cl2FNO3. The lowest BCUT2D eigenvalue weighted by atomic mass is 9.95. The van der Waals surface area contributed by atoms with Crippen LogP contribution in [-0.2, 0) is 16.0 Å². The average molecular weight is 414 g/mol. The lowest BCUT2D eigenvalue weighted by Gasteiger charge is -2.15. The molecule has 0 aliphatic carbocycles. The standard InChI is InChI=1S/C20H22Cl2FNO3/c1-4-27-18(26)10-24-13-8-15(21)14(16(22)9-13)7-12-5-6-17(25)19(11(2)3)20(12)23/h5-6,8-9,11,24-25H,4,7,10H2,1-3H3. The van der Waals surface area contributed by atoms with Crippen LogP contribution in [0, 0.1) is 5.82 Å². The Balaban J connectivity index is 2.25. The molecule has 0 fully saturated rings. The number of esters is 1. The quantitative estimate of drug-likeness (QED) is 0.586. The third kappa shape index (κ3) is 5.27. The highest BCUT2D eigenvalue weighted by molar-refractivity contribution is 6.36. The maximum absolute atomic E-state index is 14.8. The molecule has 0 aliphatic rings. The van der Waals surface area contributed by atoms with Crippen molar-refractivity contribution in [3.63, 3.8) is 0 Å². The summed E-state index contributed by atoms with van der Waals surface area (Å²) in [6.45, 7) is 5.65. The largest absolute Gasteiger partial charge is 0.508 e. The van der Waals surface area contributed by atoms with E-state index in [0.29, 0.717) is 33.5 Å². The number of carbonyl (C=O) groups excluding carboxylic acids is 1. The third-order valence-electron chi connectivity index (χ3n) is 4.06. The molecule has 4 nitrogen and oxygen atoms in total. The van der Waals surface area contributed by atoms with E-state index in [1.165, 1.54) is 12.1 Å². The van der Waals surface area contributed by atoms with Gasteiger partial charge in [-0.3, -0.25) is 4.79 Å². The van der Waals surface area contributed by atoms with Crippen molar-refractivity contribution in [3.8, 4) is 5.75 Å². The lowest BCUT2D eigenvalue weighted by molar-refractivity contribution is -0.140. The summed E-state index contributed by atoms with van der Waals surface area (Å²) in [6.07, 6.45) is 0.182. The van der Waals surface area contributed by atoms with E-state index in [-0.39, 0.29) is 36.2 Å². The van der Waals surface area contributed by atoms with Crippen LogP contribution in [0.1, 0.15) is 43.4 Å². The van der Waals surface area contributed by atoms with Crippen LogP contribution in [0.4, 0.5) is 10.1 Å². The van der Waals surface area contributed by atoms with E-state index >= 15 is 0 Å². The Morgan fingerprint density at radius 1 is 1.26 bits per heavy atom. The summed E-state index contributed by atoms with van der Waals surface area (Å²) in [5.41, 5.74) is 1.80. The maximum Gasteiger partial charge on any atom is 0.325 e. The normalized spacial score (nSPS) is 10.9. The van der Waals surface area contributed by atoms with Crippen molar-refractivity contribution in [1.82, 2.24) is 0 Å². The minimum atomic E-state index is -0.457. The van der Waals surface area contributed by atoms with Gasteiger partial charge in [-0.15, -0.1) is 0 Å². The minimum absolute atomic E-state index is 0.00974. The molecule has 0 heterocycles. The highest BCUT2D eigenvalue weighted by Gasteiger charge is 2.18. The van der Waals surface area contributed by atoms with Gasteiger partial charge in [0, 0.05) is 27.7 Å². The van der Waals surface area contributed by atoms with Crippen molar-refractivity contribution in [1.29, 1.82) is 0 Å². The van der Waals surface area contributed by atoms with Crippen LogP contribution >= 0.6 is 23.2 Å². The van der Waals surface area contributed by atoms with Crippen LogP contribution in [0.2, 0.25) is 10.0 Å². The number of rotatable bonds is 7. The Labute approximate surface area is 168 Å². The van der Waals surface area contributed by atoms with Gasteiger partial charge in [-0.25, -0.2) is 4.39 Å². The molecule has 27 heavy (non-hydrogen) atoms. The van der Waals surface area contributed by atoms with Gasteiger partial charge in [-0.05, 0) is 42.2 Å². The third-order valence-corrected chi connectivity index (χ3v) is 4.74. The van der Waals surface area contributed by atoms with Gasteiger partial charge in [-0.2, -0.15) is 0 Å². The summed E-state index contributed by atoms with van der Waals surface area (Å²) in [7, 11) is 0. The number of anilines is 1. The molecule has 0 atom stereocenters. The highest BCUT2D eigenvalue weighted by Crippen LogP contribution is 2.35. The average Bonchev–Trinajstić information content (AvgIpc) is 2.58. The molecule has 0 spiro atoms. The van der Waals surface area contributed by atoms with Crippen LogP contribution in [0.3, 0.4) is 0 Å². The fourth-order valence-corrected chi connectivity index (χ4v) is 3.38. The van der Waals surface area contributed by atoms with E-state index < -0.39 is 5.82 Å². The van der Waals surface area contributed by atoms with Crippen molar-refractivity contribution in [3.05, 3.63) is 56.8 Å². The Morgan fingerprint density at radius 3 is 2.44 bits per heavy atom. The summed E-state index contributed by atoms with van der Waals surface area (Å²) in [6, 6.07) is 6.26. The van der Waals surface area contributed by atoms with Gasteiger partial charge in [0.25, 0.3) is 0 Å². The maximum atomic E-state index is 14.8. The second kappa shape index (κ2) is 9.29. The Hall–Kier alpha value is -1.98. The molecule has 0 aromatic heterocycles. The van der Waals surface area contributed by atoms with Gasteiger partial charge in [0.15, 0.2) is 0 Å². The van der Waals surface area contributed by atoms with Crippen molar-refractivity contribution in [2.24, 2.45) is 0 Å². The Kier molecular flexibility index (Phi) is 7.33. The molecule has 0 saturated heterocycles. The number of aromatic hydroxyl groups is 1. The minimum Gasteiger partial charge on any atom is -0.508 e. The summed E-state index contributed by atoms with van der Waals surface area (Å²) >= 11 is 12.7. The fourth-order valence-electron chi connectivity index (χ4n) is 2.76. The van der Waals surface area contributed by atoms with E-state index in [1.807, 2.05) is 13.8 Å². The monoisotopic (exact) mass is 413 g/mol. The molecule has 2 N–H and O–H groups in total. The molecule has 0 amide bonds. The van der Waals surface area contributed by atoms with Gasteiger partial charge < -0.3 is 15.2 Å². The van der Waals surface area contributed by atoms with Gasteiger partial charge in [0.05, 0.1) is 6.61 Å². The molecule has 2 rings (SSSR count). The number of phenolic OH excluding ortho intramolecular Hbond substituents is 1. The van der Waals surface area contributed by atoms with Crippen molar-refractivity contribution in [2.75, 3.05) is 18.5 Å². The first-order valence-electron chi connectivity index (χ1n) is 8.62. The zero-order chi connectivity index (χ0) is 20.1. The Morgan fingerprint density at radius 2 is 1.89 bits per heavy atom. The summed E-state index contributed by atoms with van der Waals surface area (Å²) in [5, 5.41) is 13.5. The first-order valence-corrected chi connectivity index (χ1v) is 9.37. The van der Waals surface area contributed by atoms with Crippen molar-refractivity contribution < 1.29 is 19.0 Å². The van der Waals surface area contributed by atoms with Crippen LogP contribution < -0.4 is 5.32 Å². The van der Waals surface area contributed by atoms with E-state index in [9.17, 15) is 14.3 Å². The van der Waals surface area contributed by atoms with Gasteiger partial charge in [-0.1, -0.05) is 43.1 Å². The number of ether oxygens (including phenoxy) is 1.